The normalized spacial score (nSPS) is 18.3. The number of amides is 1. The number of nitrogens with one attached hydrogen (secondary N) is 1. The second-order valence-electron chi connectivity index (χ2n) is 5.17. The molecule has 1 fully saturated rings. The fraction of sp³-hybridized carbons (Fsp3) is 0.533. The van der Waals surface area contributed by atoms with Crippen LogP contribution in [0.1, 0.15) is 49.4 Å². The van der Waals surface area contributed by atoms with Gasteiger partial charge in [0, 0.05) is 16.6 Å². The maximum Gasteiger partial charge on any atom is 0.251 e. The van der Waals surface area contributed by atoms with Gasteiger partial charge in [-0.2, -0.15) is 0 Å². The molecule has 0 saturated heterocycles. The highest BCUT2D eigenvalue weighted by Gasteiger charge is 2.21. The first kappa shape index (κ1) is 13.4. The Kier molecular flexibility index (Phi) is 4.65. The summed E-state index contributed by atoms with van der Waals surface area (Å²) in [6.45, 7) is 2.11. The molecule has 1 amide bonds. The third kappa shape index (κ3) is 3.49. The number of benzene rings is 1. The van der Waals surface area contributed by atoms with Crippen LogP contribution in [-0.4, -0.2) is 11.9 Å². The summed E-state index contributed by atoms with van der Waals surface area (Å²) < 4.78 is 0. The summed E-state index contributed by atoms with van der Waals surface area (Å²) in [6, 6.07) is 7.30. The molecule has 1 aliphatic carbocycles. The molecule has 3 heteroatoms. The number of hydrogen-bond acceptors (Lipinski definition) is 1. The molecular weight excluding hydrogens is 246 g/mol. The second kappa shape index (κ2) is 6.24. The molecule has 1 N–H and O–H groups in total. The van der Waals surface area contributed by atoms with Crippen molar-refractivity contribution in [3.05, 3.63) is 34.9 Å². The third-order valence-electron chi connectivity index (χ3n) is 3.82. The van der Waals surface area contributed by atoms with Crippen molar-refractivity contribution < 1.29 is 4.79 Å². The van der Waals surface area contributed by atoms with E-state index in [1.165, 1.54) is 32.1 Å². The molecule has 0 bridgehead atoms. The molecule has 18 heavy (non-hydrogen) atoms. The molecule has 1 aromatic rings. The second-order valence-corrected chi connectivity index (χ2v) is 5.60. The zero-order valence-electron chi connectivity index (χ0n) is 10.8. The quantitative estimate of drug-likeness (QED) is 0.878. The molecule has 1 atom stereocenters. The summed E-state index contributed by atoms with van der Waals surface area (Å²) in [5, 5.41) is 3.76. The molecule has 0 spiro atoms. The summed E-state index contributed by atoms with van der Waals surface area (Å²) in [5.74, 6) is 0.639. The van der Waals surface area contributed by atoms with Gasteiger partial charge in [0.05, 0.1) is 0 Å². The molecule has 2 rings (SSSR count). The van der Waals surface area contributed by atoms with Gasteiger partial charge in [-0.15, -0.1) is 0 Å². The van der Waals surface area contributed by atoms with E-state index in [4.69, 9.17) is 11.6 Å². The van der Waals surface area contributed by atoms with Crippen molar-refractivity contribution in [2.75, 3.05) is 0 Å². The average Bonchev–Trinajstić information content (AvgIpc) is 2.40. The number of carbonyl (C=O) groups is 1. The van der Waals surface area contributed by atoms with Crippen LogP contribution in [-0.2, 0) is 0 Å². The Bertz CT molecular complexity index is 395. The van der Waals surface area contributed by atoms with E-state index in [0.717, 1.165) is 0 Å². The van der Waals surface area contributed by atoms with Gasteiger partial charge in [-0.25, -0.2) is 0 Å². The van der Waals surface area contributed by atoms with Crippen LogP contribution in [0.2, 0.25) is 5.02 Å². The Morgan fingerprint density at radius 1 is 1.22 bits per heavy atom. The maximum absolute atomic E-state index is 12.1. The van der Waals surface area contributed by atoms with Crippen LogP contribution in [0.15, 0.2) is 24.3 Å². The molecule has 0 aliphatic heterocycles. The lowest BCUT2D eigenvalue weighted by molar-refractivity contribution is 0.0919. The Morgan fingerprint density at radius 3 is 2.44 bits per heavy atom. The number of rotatable bonds is 3. The fourth-order valence-corrected chi connectivity index (χ4v) is 2.77. The Balaban J connectivity index is 1.91. The van der Waals surface area contributed by atoms with Gasteiger partial charge in [0.15, 0.2) is 0 Å². The summed E-state index contributed by atoms with van der Waals surface area (Å²) in [6.07, 6.45) is 6.41. The van der Waals surface area contributed by atoms with Crippen molar-refractivity contribution in [2.45, 2.75) is 45.1 Å². The van der Waals surface area contributed by atoms with Gasteiger partial charge >= 0.3 is 0 Å². The minimum atomic E-state index is 0.00439. The largest absolute Gasteiger partial charge is 0.349 e. The predicted molar refractivity (Wildman–Crippen MR) is 75.0 cm³/mol. The summed E-state index contributed by atoms with van der Waals surface area (Å²) in [4.78, 5) is 12.1. The van der Waals surface area contributed by atoms with E-state index in [2.05, 4.69) is 12.2 Å². The van der Waals surface area contributed by atoms with E-state index in [-0.39, 0.29) is 11.9 Å². The highest BCUT2D eigenvalue weighted by Crippen LogP contribution is 2.26. The lowest BCUT2D eigenvalue weighted by atomic mass is 9.84. The van der Waals surface area contributed by atoms with Crippen LogP contribution in [0, 0.1) is 5.92 Å². The summed E-state index contributed by atoms with van der Waals surface area (Å²) in [7, 11) is 0. The number of halogens is 1. The van der Waals surface area contributed by atoms with Crippen LogP contribution in [0.25, 0.3) is 0 Å². The van der Waals surface area contributed by atoms with Crippen LogP contribution in [0.4, 0.5) is 0 Å². The van der Waals surface area contributed by atoms with Crippen molar-refractivity contribution in [3.8, 4) is 0 Å². The first-order valence-electron chi connectivity index (χ1n) is 6.73. The van der Waals surface area contributed by atoms with Gasteiger partial charge in [-0.1, -0.05) is 30.9 Å². The lowest BCUT2D eigenvalue weighted by Crippen LogP contribution is -2.38. The van der Waals surface area contributed by atoms with Gasteiger partial charge in [0.2, 0.25) is 0 Å². The molecular formula is C15H20ClNO. The lowest BCUT2D eigenvalue weighted by Gasteiger charge is -2.28. The Hall–Kier alpha value is -1.02. The first-order chi connectivity index (χ1) is 8.66. The van der Waals surface area contributed by atoms with E-state index in [1.807, 2.05) is 0 Å². The van der Waals surface area contributed by atoms with Crippen LogP contribution in [0.5, 0.6) is 0 Å². The van der Waals surface area contributed by atoms with Crippen LogP contribution >= 0.6 is 11.6 Å². The molecule has 0 heterocycles. The third-order valence-corrected chi connectivity index (χ3v) is 4.07. The SMILES string of the molecule is CC(NC(=O)c1ccc(Cl)cc1)C1CCCCC1. The van der Waals surface area contributed by atoms with Crippen LogP contribution < -0.4 is 5.32 Å². The molecule has 98 valence electrons. The van der Waals surface area contributed by atoms with Crippen molar-refractivity contribution in [3.63, 3.8) is 0 Å². The molecule has 1 aromatic carbocycles. The Labute approximate surface area is 114 Å². The molecule has 0 radical (unpaired) electrons. The number of hydrogen-bond donors (Lipinski definition) is 1. The van der Waals surface area contributed by atoms with E-state index >= 15 is 0 Å². The van der Waals surface area contributed by atoms with Gasteiger partial charge in [-0.05, 0) is 49.9 Å². The average molecular weight is 266 g/mol. The van der Waals surface area contributed by atoms with Crippen molar-refractivity contribution in [1.29, 1.82) is 0 Å². The summed E-state index contributed by atoms with van der Waals surface area (Å²) >= 11 is 5.81. The smallest absolute Gasteiger partial charge is 0.251 e. The topological polar surface area (TPSA) is 29.1 Å². The van der Waals surface area contributed by atoms with Gasteiger partial charge in [-0.3, -0.25) is 4.79 Å². The molecule has 0 aromatic heterocycles. The summed E-state index contributed by atoms with van der Waals surface area (Å²) in [5.41, 5.74) is 0.682. The van der Waals surface area contributed by atoms with Gasteiger partial charge in [0.1, 0.15) is 0 Å². The van der Waals surface area contributed by atoms with E-state index in [1.54, 1.807) is 24.3 Å². The maximum atomic E-state index is 12.1. The highest BCUT2D eigenvalue weighted by molar-refractivity contribution is 6.30. The van der Waals surface area contributed by atoms with Crippen LogP contribution in [0.3, 0.4) is 0 Å². The molecule has 1 saturated carbocycles. The van der Waals surface area contributed by atoms with Crippen molar-refractivity contribution >= 4 is 17.5 Å². The van der Waals surface area contributed by atoms with Crippen molar-refractivity contribution in [1.82, 2.24) is 5.32 Å². The minimum Gasteiger partial charge on any atom is -0.349 e. The van der Waals surface area contributed by atoms with E-state index < -0.39 is 0 Å². The minimum absolute atomic E-state index is 0.00439. The Morgan fingerprint density at radius 2 is 1.83 bits per heavy atom. The van der Waals surface area contributed by atoms with E-state index in [9.17, 15) is 4.79 Å². The standard InChI is InChI=1S/C15H20ClNO/c1-11(12-5-3-2-4-6-12)17-15(18)13-7-9-14(16)10-8-13/h7-12H,2-6H2,1H3,(H,17,18). The molecule has 1 aliphatic rings. The molecule has 1 unspecified atom stereocenters. The highest BCUT2D eigenvalue weighted by atomic mass is 35.5. The number of carbonyl (C=O) groups excluding carboxylic acids is 1. The first-order valence-corrected chi connectivity index (χ1v) is 7.11. The van der Waals surface area contributed by atoms with Gasteiger partial charge < -0.3 is 5.32 Å². The van der Waals surface area contributed by atoms with E-state index in [0.29, 0.717) is 16.5 Å². The zero-order valence-corrected chi connectivity index (χ0v) is 11.5. The monoisotopic (exact) mass is 265 g/mol. The van der Waals surface area contributed by atoms with Crippen molar-refractivity contribution in [2.24, 2.45) is 5.92 Å². The zero-order chi connectivity index (χ0) is 13.0. The van der Waals surface area contributed by atoms with Gasteiger partial charge in [0.25, 0.3) is 5.91 Å². The predicted octanol–water partition coefficient (Wildman–Crippen LogP) is 4.04. The molecule has 2 nitrogen and oxygen atoms in total. The fourth-order valence-electron chi connectivity index (χ4n) is 2.64.